The van der Waals surface area contributed by atoms with Crippen molar-refractivity contribution < 1.29 is 52.6 Å². The SMILES string of the molecule is CC[C@H](C)[C@@H]1NC(=O)[C@H](Cc2ccc(O[Si](C)(C)C(C)(C)C)cc2)N(C)C(=O)[C@H](Cc2ccccc2)NC(=O)[C@H](CCCO)NC(=O)[C@H](Cc2ccccc2)NC(=O)[C@@H](NC(=O)OC(C)(C)C)[C@@H](C)OC1=O. The molecule has 18 heteroatoms. The second kappa shape index (κ2) is 25.9. The summed E-state index contributed by atoms with van der Waals surface area (Å²) < 4.78 is 18.0. The first-order chi connectivity index (χ1) is 33.7. The summed E-state index contributed by atoms with van der Waals surface area (Å²) in [5, 5.41) is 23.6. The number of amides is 6. The third-order valence-electron chi connectivity index (χ3n) is 13.2. The second-order valence-corrected chi connectivity index (χ2v) is 26.0. The number of likely N-dealkylation sites (N-methyl/N-ethyl adjacent to an activating group) is 1. The number of rotatable bonds is 14. The lowest BCUT2D eigenvalue weighted by atomic mass is 9.97. The highest BCUT2D eigenvalue weighted by molar-refractivity contribution is 6.74. The van der Waals surface area contributed by atoms with Crippen LogP contribution in [-0.4, -0.2) is 122 Å². The Balaban J connectivity index is 1.89. The van der Waals surface area contributed by atoms with Gasteiger partial charge in [-0.1, -0.05) is 114 Å². The van der Waals surface area contributed by atoms with E-state index in [0.717, 1.165) is 0 Å². The number of carbonyl (C=O) groups excluding carboxylic acids is 7. The van der Waals surface area contributed by atoms with E-state index in [-0.39, 0.29) is 43.7 Å². The molecule has 72 heavy (non-hydrogen) atoms. The molecule has 0 aromatic heterocycles. The molecule has 3 aromatic carbocycles. The zero-order chi connectivity index (χ0) is 53.6. The Bertz CT molecular complexity index is 2300. The monoisotopic (exact) mass is 1010 g/mol. The number of alkyl carbamates (subject to hydrolysis) is 1. The summed E-state index contributed by atoms with van der Waals surface area (Å²) in [6.07, 6.45) is -2.13. The fourth-order valence-electron chi connectivity index (χ4n) is 7.72. The molecule has 394 valence electrons. The molecule has 8 atom stereocenters. The van der Waals surface area contributed by atoms with Gasteiger partial charge in [0.1, 0.15) is 53.7 Å². The number of aliphatic hydroxyl groups is 1. The lowest BCUT2D eigenvalue weighted by Gasteiger charge is -2.36. The minimum Gasteiger partial charge on any atom is -0.544 e. The van der Waals surface area contributed by atoms with Crippen LogP contribution in [-0.2, 0) is 57.5 Å². The number of nitrogens with zero attached hydrogens (tertiary/aromatic N) is 1. The largest absolute Gasteiger partial charge is 0.544 e. The Labute approximate surface area is 426 Å². The van der Waals surface area contributed by atoms with Crippen LogP contribution in [0.4, 0.5) is 4.79 Å². The summed E-state index contributed by atoms with van der Waals surface area (Å²) in [5.74, 6) is -4.63. The van der Waals surface area contributed by atoms with Gasteiger partial charge in [0.25, 0.3) is 0 Å². The zero-order valence-corrected chi connectivity index (χ0v) is 45.1. The molecule has 0 bridgehead atoms. The molecule has 1 fully saturated rings. The highest BCUT2D eigenvalue weighted by atomic mass is 28.4. The van der Waals surface area contributed by atoms with Crippen LogP contribution in [0.2, 0.25) is 18.1 Å². The Morgan fingerprint density at radius 3 is 1.78 bits per heavy atom. The molecule has 3 aromatic rings. The van der Waals surface area contributed by atoms with Gasteiger partial charge in [-0.15, -0.1) is 0 Å². The molecule has 6 amide bonds. The van der Waals surface area contributed by atoms with Crippen molar-refractivity contribution in [2.45, 2.75) is 167 Å². The van der Waals surface area contributed by atoms with Gasteiger partial charge in [-0.25, -0.2) is 9.59 Å². The maximum absolute atomic E-state index is 15.1. The number of aliphatic hydroxyl groups excluding tert-OH is 1. The smallest absolute Gasteiger partial charge is 0.408 e. The van der Waals surface area contributed by atoms with Gasteiger partial charge in [0.2, 0.25) is 37.9 Å². The Hall–Kier alpha value is -6.27. The lowest BCUT2D eigenvalue weighted by Crippen LogP contribution is -2.61. The van der Waals surface area contributed by atoms with Gasteiger partial charge < -0.3 is 50.5 Å². The van der Waals surface area contributed by atoms with Gasteiger partial charge in [-0.05, 0) is 93.4 Å². The lowest BCUT2D eigenvalue weighted by molar-refractivity contribution is -0.157. The Morgan fingerprint density at radius 2 is 1.25 bits per heavy atom. The zero-order valence-electron chi connectivity index (χ0n) is 44.1. The van der Waals surface area contributed by atoms with Crippen molar-refractivity contribution in [3.63, 3.8) is 0 Å². The van der Waals surface area contributed by atoms with Crippen LogP contribution >= 0.6 is 0 Å². The average Bonchev–Trinajstić information content (AvgIpc) is 3.31. The number of nitrogens with one attached hydrogen (secondary N) is 5. The van der Waals surface area contributed by atoms with Gasteiger partial charge in [0, 0.05) is 32.9 Å². The molecule has 17 nitrogen and oxygen atoms in total. The van der Waals surface area contributed by atoms with Crippen molar-refractivity contribution in [2.75, 3.05) is 13.7 Å². The van der Waals surface area contributed by atoms with Crippen LogP contribution < -0.4 is 31.0 Å². The quantitative estimate of drug-likeness (QED) is 0.0870. The van der Waals surface area contributed by atoms with Crippen molar-refractivity contribution >= 4 is 49.9 Å². The van der Waals surface area contributed by atoms with Crippen LogP contribution in [0.25, 0.3) is 0 Å². The first kappa shape index (κ1) is 58.3. The number of carbonyl (C=O) groups is 7. The first-order valence-corrected chi connectivity index (χ1v) is 27.8. The number of hydrogen-bond acceptors (Lipinski definition) is 11. The van der Waals surface area contributed by atoms with E-state index < -0.39 is 104 Å². The number of cyclic esters (lactones) is 1. The highest BCUT2D eigenvalue weighted by Crippen LogP contribution is 2.37. The predicted molar refractivity (Wildman–Crippen MR) is 277 cm³/mol. The van der Waals surface area contributed by atoms with Gasteiger partial charge in [0.15, 0.2) is 0 Å². The number of ether oxygens (including phenoxy) is 2. The molecule has 0 spiro atoms. The van der Waals surface area contributed by atoms with Gasteiger partial charge in [-0.2, -0.15) is 0 Å². The fraction of sp³-hybridized carbons (Fsp3) is 0.537. The normalized spacial score (nSPS) is 22.9. The summed E-state index contributed by atoms with van der Waals surface area (Å²) in [6, 6.07) is 16.8. The summed E-state index contributed by atoms with van der Waals surface area (Å²) in [5.41, 5.74) is 0.991. The third-order valence-corrected chi connectivity index (χ3v) is 17.6. The van der Waals surface area contributed by atoms with Crippen LogP contribution in [0.5, 0.6) is 5.75 Å². The molecule has 4 rings (SSSR count). The van der Waals surface area contributed by atoms with E-state index in [2.05, 4.69) is 60.4 Å². The first-order valence-electron chi connectivity index (χ1n) is 24.9. The number of hydrogen-bond donors (Lipinski definition) is 6. The second-order valence-electron chi connectivity index (χ2n) is 21.2. The molecule has 1 heterocycles. The van der Waals surface area contributed by atoms with E-state index in [4.69, 9.17) is 13.9 Å². The Morgan fingerprint density at radius 1 is 0.736 bits per heavy atom. The molecular weight excluding hydrogens is 937 g/mol. The molecule has 0 radical (unpaired) electrons. The van der Waals surface area contributed by atoms with E-state index >= 15 is 4.79 Å². The van der Waals surface area contributed by atoms with Gasteiger partial charge in [0.05, 0.1) is 0 Å². The summed E-state index contributed by atoms with van der Waals surface area (Å²) in [6.45, 7) is 20.2. The Kier molecular flexibility index (Phi) is 21.0. The molecule has 0 unspecified atom stereocenters. The van der Waals surface area contributed by atoms with E-state index in [1.165, 1.54) is 18.9 Å². The average molecular weight is 1020 g/mol. The summed E-state index contributed by atoms with van der Waals surface area (Å²) in [4.78, 5) is 103. The van der Waals surface area contributed by atoms with Crippen molar-refractivity contribution in [1.29, 1.82) is 0 Å². The molecule has 0 aliphatic carbocycles. The minimum atomic E-state index is -2.21. The van der Waals surface area contributed by atoms with E-state index in [0.29, 0.717) is 28.9 Å². The molecule has 0 saturated carbocycles. The maximum Gasteiger partial charge on any atom is 0.408 e. The van der Waals surface area contributed by atoms with Crippen LogP contribution in [0.15, 0.2) is 84.9 Å². The maximum atomic E-state index is 15.1. The van der Waals surface area contributed by atoms with Crippen LogP contribution in [0.3, 0.4) is 0 Å². The van der Waals surface area contributed by atoms with E-state index in [9.17, 15) is 33.9 Å². The van der Waals surface area contributed by atoms with Crippen molar-refractivity contribution in [3.8, 4) is 5.75 Å². The predicted octanol–water partition coefficient (Wildman–Crippen LogP) is 5.52. The molecule has 6 N–H and O–H groups in total. The fourth-order valence-corrected chi connectivity index (χ4v) is 8.75. The summed E-state index contributed by atoms with van der Waals surface area (Å²) >= 11 is 0. The third kappa shape index (κ3) is 17.2. The van der Waals surface area contributed by atoms with Crippen LogP contribution in [0.1, 0.15) is 98.3 Å². The van der Waals surface area contributed by atoms with Crippen molar-refractivity contribution in [2.24, 2.45) is 5.92 Å². The highest BCUT2D eigenvalue weighted by Gasteiger charge is 2.41. The molecule has 1 saturated heterocycles. The number of esters is 1. The van der Waals surface area contributed by atoms with Gasteiger partial charge in [-0.3, -0.25) is 24.0 Å². The van der Waals surface area contributed by atoms with Gasteiger partial charge >= 0.3 is 12.1 Å². The van der Waals surface area contributed by atoms with Crippen molar-refractivity contribution in [1.82, 2.24) is 31.5 Å². The van der Waals surface area contributed by atoms with Crippen LogP contribution in [0, 0.1) is 5.92 Å². The molecule has 1 aliphatic heterocycles. The standard InChI is InChI=1S/C54H78N6O11Si/c1-13-34(2)44-51(67)69-35(3)45(59-52(68)70-53(4,5)6)49(65)56-41(31-36-21-16-14-17-22-36)47(63)55-40(25-20-30-61)46(62)57-42(32-37-23-18-15-19-24-37)50(66)60(10)43(48(64)58-44)33-38-26-28-39(29-27-38)71-72(11,12)54(7,8)9/h14-19,21-24,26-29,34-35,40-45,61H,13,20,25,30-33H2,1-12H3,(H,55,63)(H,56,65)(H,57,62)(H,58,64)(H,59,68)/t34-,35+,40-,41-,42-,43-,44-,45-/m0/s1. The summed E-state index contributed by atoms with van der Waals surface area (Å²) in [7, 11) is -0.758. The molecular formula is C54H78N6O11Si. The number of benzene rings is 3. The van der Waals surface area contributed by atoms with E-state index in [1.54, 1.807) is 82.3 Å². The van der Waals surface area contributed by atoms with E-state index in [1.807, 2.05) is 37.3 Å². The topological polar surface area (TPSA) is 231 Å². The molecule has 1 aliphatic rings. The van der Waals surface area contributed by atoms with Crippen molar-refractivity contribution in [3.05, 3.63) is 102 Å². The minimum absolute atomic E-state index is 0.0112.